The molecule has 1 fully saturated rings. The van der Waals surface area contributed by atoms with Gasteiger partial charge in [0, 0.05) is 58.3 Å². The Morgan fingerprint density at radius 3 is 2.62 bits per heavy atom. The topological polar surface area (TPSA) is 76.9 Å². The molecule has 1 saturated heterocycles. The van der Waals surface area contributed by atoms with Crippen LogP contribution in [0.5, 0.6) is 5.75 Å². The summed E-state index contributed by atoms with van der Waals surface area (Å²) < 4.78 is 13.5. The maximum absolute atomic E-state index is 12.8. The standard InChI is InChI=1S/C24H32N4O4/c1-26(2)23(30)22-18-16-32-24(15-19(18)27(3)25-22)11-13-28(14-12-24)21(29)10-9-17-7-5-6-8-20(17)31-4/h5-8H,9-16H2,1-4H3. The molecule has 0 radical (unpaired) electrons. The number of para-hydroxylation sites is 1. The minimum Gasteiger partial charge on any atom is -0.496 e. The first kappa shape index (κ1) is 22.3. The maximum atomic E-state index is 12.8. The molecule has 172 valence electrons. The summed E-state index contributed by atoms with van der Waals surface area (Å²) in [7, 11) is 7.01. The van der Waals surface area contributed by atoms with E-state index >= 15 is 0 Å². The van der Waals surface area contributed by atoms with Crippen molar-refractivity contribution in [3.05, 3.63) is 46.8 Å². The number of aryl methyl sites for hydroxylation is 2. The van der Waals surface area contributed by atoms with Crippen LogP contribution in [0, 0.1) is 0 Å². The van der Waals surface area contributed by atoms with E-state index < -0.39 is 0 Å². The first-order valence-corrected chi connectivity index (χ1v) is 11.1. The first-order valence-electron chi connectivity index (χ1n) is 11.1. The molecule has 3 heterocycles. The highest BCUT2D eigenvalue weighted by atomic mass is 16.5. The lowest BCUT2D eigenvalue weighted by Crippen LogP contribution is -2.50. The van der Waals surface area contributed by atoms with Gasteiger partial charge in [-0.25, -0.2) is 0 Å². The van der Waals surface area contributed by atoms with Gasteiger partial charge in [-0.05, 0) is 30.9 Å². The van der Waals surface area contributed by atoms with E-state index in [2.05, 4.69) is 5.10 Å². The highest BCUT2D eigenvalue weighted by molar-refractivity contribution is 5.93. The van der Waals surface area contributed by atoms with Crippen LogP contribution in [-0.2, 0) is 36.0 Å². The number of benzene rings is 1. The van der Waals surface area contributed by atoms with Gasteiger partial charge in [-0.1, -0.05) is 18.2 Å². The average Bonchev–Trinajstić information content (AvgIpc) is 3.12. The number of carbonyl (C=O) groups excluding carboxylic acids is 2. The predicted octanol–water partition coefficient (Wildman–Crippen LogP) is 2.20. The summed E-state index contributed by atoms with van der Waals surface area (Å²) in [4.78, 5) is 28.8. The Kier molecular flexibility index (Phi) is 6.24. The fraction of sp³-hybridized carbons (Fsp3) is 0.542. The number of carbonyl (C=O) groups is 2. The number of piperidine rings is 1. The lowest BCUT2D eigenvalue weighted by molar-refractivity contribution is -0.141. The molecule has 2 aromatic rings. The Morgan fingerprint density at radius 1 is 1.22 bits per heavy atom. The fourth-order valence-electron chi connectivity index (χ4n) is 4.73. The Labute approximate surface area is 189 Å². The predicted molar refractivity (Wildman–Crippen MR) is 120 cm³/mol. The molecule has 0 bridgehead atoms. The zero-order valence-corrected chi connectivity index (χ0v) is 19.4. The second kappa shape index (κ2) is 8.94. The van der Waals surface area contributed by atoms with Crippen LogP contribution in [0.25, 0.3) is 0 Å². The van der Waals surface area contributed by atoms with Crippen LogP contribution in [0.3, 0.4) is 0 Å². The lowest BCUT2D eigenvalue weighted by atomic mass is 9.83. The number of hydrogen-bond acceptors (Lipinski definition) is 5. The Balaban J connectivity index is 1.37. The van der Waals surface area contributed by atoms with Crippen LogP contribution < -0.4 is 4.74 Å². The van der Waals surface area contributed by atoms with Gasteiger partial charge in [0.2, 0.25) is 5.91 Å². The Bertz CT molecular complexity index is 1010. The van der Waals surface area contributed by atoms with Gasteiger partial charge in [0.05, 0.1) is 19.3 Å². The first-order chi connectivity index (χ1) is 15.3. The fourth-order valence-corrected chi connectivity index (χ4v) is 4.73. The van der Waals surface area contributed by atoms with Crippen molar-refractivity contribution in [3.8, 4) is 5.75 Å². The zero-order valence-electron chi connectivity index (χ0n) is 19.4. The summed E-state index contributed by atoms with van der Waals surface area (Å²) in [5.74, 6) is 0.895. The summed E-state index contributed by atoms with van der Waals surface area (Å²) in [6.45, 7) is 1.75. The summed E-state index contributed by atoms with van der Waals surface area (Å²) in [5.41, 5.74) is 3.20. The number of hydrogen-bond donors (Lipinski definition) is 0. The number of rotatable bonds is 5. The van der Waals surface area contributed by atoms with Crippen molar-refractivity contribution in [2.75, 3.05) is 34.3 Å². The van der Waals surface area contributed by atoms with Gasteiger partial charge >= 0.3 is 0 Å². The summed E-state index contributed by atoms with van der Waals surface area (Å²) >= 11 is 0. The molecule has 0 atom stereocenters. The molecule has 1 aromatic carbocycles. The lowest BCUT2D eigenvalue weighted by Gasteiger charge is -2.44. The van der Waals surface area contributed by atoms with E-state index in [1.807, 2.05) is 40.9 Å². The van der Waals surface area contributed by atoms with Gasteiger partial charge < -0.3 is 19.3 Å². The average molecular weight is 441 g/mol. The van der Waals surface area contributed by atoms with Gasteiger partial charge in [0.25, 0.3) is 5.91 Å². The summed E-state index contributed by atoms with van der Waals surface area (Å²) in [6, 6.07) is 7.84. The van der Waals surface area contributed by atoms with Gasteiger partial charge in [0.1, 0.15) is 5.75 Å². The molecule has 1 spiro atoms. The molecule has 0 unspecified atom stereocenters. The molecule has 4 rings (SSSR count). The minimum absolute atomic E-state index is 0.100. The number of ether oxygens (including phenoxy) is 2. The van der Waals surface area contributed by atoms with Crippen molar-refractivity contribution in [1.29, 1.82) is 0 Å². The molecule has 0 saturated carbocycles. The SMILES string of the molecule is COc1ccccc1CCC(=O)N1CCC2(CC1)Cc1c(c(C(=O)N(C)C)nn1C)CO2. The number of methoxy groups -OCH3 is 1. The van der Waals surface area contributed by atoms with Gasteiger partial charge in [-0.15, -0.1) is 0 Å². The number of amides is 2. The zero-order chi connectivity index (χ0) is 22.9. The van der Waals surface area contributed by atoms with E-state index in [1.54, 1.807) is 26.1 Å². The molecule has 1 aromatic heterocycles. The van der Waals surface area contributed by atoms with Crippen molar-refractivity contribution < 1.29 is 19.1 Å². The summed E-state index contributed by atoms with van der Waals surface area (Å²) in [5, 5.41) is 4.47. The van der Waals surface area contributed by atoms with Crippen LogP contribution in [-0.4, -0.2) is 71.3 Å². The van der Waals surface area contributed by atoms with Gasteiger partial charge in [-0.2, -0.15) is 5.10 Å². The van der Waals surface area contributed by atoms with E-state index in [0.717, 1.165) is 41.8 Å². The molecular formula is C24H32N4O4. The van der Waals surface area contributed by atoms with E-state index in [-0.39, 0.29) is 17.4 Å². The third-order valence-corrected chi connectivity index (χ3v) is 6.72. The van der Waals surface area contributed by atoms with Crippen LogP contribution in [0.15, 0.2) is 24.3 Å². The quantitative estimate of drug-likeness (QED) is 0.712. The van der Waals surface area contributed by atoms with Crippen LogP contribution >= 0.6 is 0 Å². The maximum Gasteiger partial charge on any atom is 0.274 e. The van der Waals surface area contributed by atoms with Gasteiger partial charge in [0.15, 0.2) is 5.69 Å². The number of fused-ring (bicyclic) bond motifs is 1. The summed E-state index contributed by atoms with van der Waals surface area (Å²) in [6.07, 6.45) is 3.43. The van der Waals surface area contributed by atoms with Crippen LogP contribution in [0.4, 0.5) is 0 Å². The molecule has 0 aliphatic carbocycles. The molecule has 8 heteroatoms. The monoisotopic (exact) mass is 440 g/mol. The number of nitrogens with zero attached hydrogens (tertiary/aromatic N) is 4. The van der Waals surface area contributed by atoms with Crippen molar-refractivity contribution in [3.63, 3.8) is 0 Å². The number of likely N-dealkylation sites (tertiary alicyclic amines) is 1. The van der Waals surface area contributed by atoms with Crippen molar-refractivity contribution in [2.24, 2.45) is 7.05 Å². The Hall–Kier alpha value is -2.87. The molecule has 32 heavy (non-hydrogen) atoms. The smallest absolute Gasteiger partial charge is 0.274 e. The normalized spacial score (nSPS) is 17.2. The largest absolute Gasteiger partial charge is 0.496 e. The highest BCUT2D eigenvalue weighted by Gasteiger charge is 2.42. The molecular weight excluding hydrogens is 408 g/mol. The van der Waals surface area contributed by atoms with E-state index in [0.29, 0.717) is 38.2 Å². The Morgan fingerprint density at radius 2 is 1.94 bits per heavy atom. The van der Waals surface area contributed by atoms with E-state index in [1.165, 1.54) is 0 Å². The number of aromatic nitrogens is 2. The van der Waals surface area contributed by atoms with Crippen molar-refractivity contribution >= 4 is 11.8 Å². The third-order valence-electron chi connectivity index (χ3n) is 6.72. The molecule has 2 aliphatic rings. The molecule has 2 amide bonds. The second-order valence-corrected chi connectivity index (χ2v) is 8.94. The second-order valence-electron chi connectivity index (χ2n) is 8.94. The molecule has 8 nitrogen and oxygen atoms in total. The van der Waals surface area contributed by atoms with E-state index in [4.69, 9.17) is 9.47 Å². The van der Waals surface area contributed by atoms with Crippen LogP contribution in [0.1, 0.15) is 46.6 Å². The molecule has 2 aliphatic heterocycles. The van der Waals surface area contributed by atoms with Gasteiger partial charge in [-0.3, -0.25) is 14.3 Å². The third kappa shape index (κ3) is 4.24. The van der Waals surface area contributed by atoms with Crippen molar-refractivity contribution in [2.45, 2.75) is 44.3 Å². The molecule has 0 N–H and O–H groups in total. The van der Waals surface area contributed by atoms with E-state index in [9.17, 15) is 9.59 Å². The van der Waals surface area contributed by atoms with Crippen LogP contribution in [0.2, 0.25) is 0 Å². The van der Waals surface area contributed by atoms with Crippen molar-refractivity contribution in [1.82, 2.24) is 19.6 Å². The highest BCUT2D eigenvalue weighted by Crippen LogP contribution is 2.37. The minimum atomic E-state index is -0.293.